The molecule has 0 bridgehead atoms. The zero-order valence-electron chi connectivity index (χ0n) is 18.9. The molecule has 15 nitrogen and oxygen atoms in total. The molecule has 2 amide bonds. The van der Waals surface area contributed by atoms with Crippen LogP contribution in [0.15, 0.2) is 45.4 Å². The number of carbonyl (C=O) groups excluding carboxylic acids is 2. The topological polar surface area (TPSA) is 207 Å². The van der Waals surface area contributed by atoms with Crippen molar-refractivity contribution in [1.29, 1.82) is 0 Å². The van der Waals surface area contributed by atoms with E-state index in [4.69, 9.17) is 10.6 Å². The summed E-state index contributed by atoms with van der Waals surface area (Å²) in [4.78, 5) is 52.3. The summed E-state index contributed by atoms with van der Waals surface area (Å²) in [6.07, 6.45) is 3.31. The van der Waals surface area contributed by atoms with Gasteiger partial charge >= 0.3 is 5.97 Å². The fourth-order valence-corrected chi connectivity index (χ4v) is 6.47. The number of nitrogens with two attached hydrogens (primary N) is 1. The van der Waals surface area contributed by atoms with Crippen molar-refractivity contribution in [3.05, 3.63) is 40.8 Å². The Balaban J connectivity index is 1.28. The van der Waals surface area contributed by atoms with Crippen molar-refractivity contribution in [2.75, 3.05) is 24.3 Å². The third-order valence-corrected chi connectivity index (χ3v) is 8.20. The number of nitrogen functional groups attached to an aromatic ring is 1. The number of aliphatic carboxylic acids is 1. The van der Waals surface area contributed by atoms with Crippen LogP contribution in [-0.2, 0) is 19.2 Å². The first kappa shape index (κ1) is 24.8. The average Bonchev–Trinajstić information content (AvgIpc) is 3.65. The van der Waals surface area contributed by atoms with Crippen molar-refractivity contribution >= 4 is 63.5 Å². The molecule has 5 N–H and O–H groups in total. The molecule has 0 aromatic carbocycles. The van der Waals surface area contributed by atoms with Gasteiger partial charge in [-0.2, -0.15) is 10.1 Å². The fraction of sp³-hybridized carbons (Fsp3) is 0.263. The highest BCUT2D eigenvalue weighted by molar-refractivity contribution is 8.01. The van der Waals surface area contributed by atoms with Crippen LogP contribution in [0.5, 0.6) is 0 Å². The second-order valence-corrected chi connectivity index (χ2v) is 10.4. The molecule has 5 heterocycles. The Labute approximate surface area is 220 Å². The van der Waals surface area contributed by atoms with Crippen LogP contribution in [-0.4, -0.2) is 93.5 Å². The molecule has 192 valence electrons. The first-order valence-electron chi connectivity index (χ1n) is 10.5. The number of hydrogen-bond acceptors (Lipinski definition) is 13. The lowest BCUT2D eigenvalue weighted by atomic mass is 10.0. The van der Waals surface area contributed by atoms with Crippen LogP contribution in [0.4, 0.5) is 5.13 Å². The number of hydrogen-bond donors (Lipinski definition) is 4. The number of nitrogens with zero attached hydrogens (tertiary/aromatic N) is 7. The summed E-state index contributed by atoms with van der Waals surface area (Å²) < 4.78 is 1.51. The quantitative estimate of drug-likeness (QED) is 0.117. The summed E-state index contributed by atoms with van der Waals surface area (Å²) in [5.41, 5.74) is 6.14. The first-order valence-corrected chi connectivity index (χ1v) is 13.4. The Morgan fingerprint density at radius 2 is 2.27 bits per heavy atom. The van der Waals surface area contributed by atoms with E-state index < -0.39 is 29.2 Å². The molecule has 37 heavy (non-hydrogen) atoms. The lowest BCUT2D eigenvalue weighted by Crippen LogP contribution is -2.71. The van der Waals surface area contributed by atoms with Gasteiger partial charge in [0.15, 0.2) is 10.8 Å². The maximum atomic E-state index is 13.0. The summed E-state index contributed by atoms with van der Waals surface area (Å²) in [5, 5.41) is 28.8. The van der Waals surface area contributed by atoms with Gasteiger partial charge < -0.3 is 21.0 Å². The number of fused-ring (bicyclic) bond motifs is 1. The molecule has 1 saturated heterocycles. The van der Waals surface area contributed by atoms with E-state index in [-0.39, 0.29) is 28.0 Å². The molecular formula is C19H18N10O5S3. The standard InChI is InChI=1S/C19H18N10O5S3/c1-34-27-10(9-7-36-17(20)22-9)13(30)23-11-14(31)29-12(16(32)33)8(5-35-15(11)29)6-37-19-24-18(25-26-19)28-4-2-3-21-28/h2-4,7,11,15H,5-6H2,1H3,(H2,20,22)(H,23,30)(H,32,33)(H,24,25,26)/t11?,15-/m0/s1. The van der Waals surface area contributed by atoms with Crippen LogP contribution >= 0.6 is 34.9 Å². The smallest absolute Gasteiger partial charge is 0.352 e. The Morgan fingerprint density at radius 3 is 2.95 bits per heavy atom. The van der Waals surface area contributed by atoms with E-state index in [1.54, 1.807) is 23.8 Å². The normalized spacial score (nSPS) is 19.4. The molecule has 2 aliphatic heterocycles. The molecule has 3 aromatic heterocycles. The predicted octanol–water partition coefficient (Wildman–Crippen LogP) is -0.0895. The largest absolute Gasteiger partial charge is 0.477 e. The predicted molar refractivity (Wildman–Crippen MR) is 134 cm³/mol. The Bertz CT molecular complexity index is 1420. The number of amides is 2. The van der Waals surface area contributed by atoms with Crippen molar-refractivity contribution in [2.24, 2.45) is 5.16 Å². The number of anilines is 1. The number of aromatic amines is 1. The average molecular weight is 563 g/mol. The number of carboxylic acids is 1. The summed E-state index contributed by atoms with van der Waals surface area (Å²) in [6, 6.07) is 0.804. The number of β-lactam (4-membered cyclic amide) rings is 1. The molecule has 1 fully saturated rings. The van der Waals surface area contributed by atoms with E-state index in [1.165, 1.54) is 40.2 Å². The number of carboxylic acid groups (broad SMARTS) is 1. The van der Waals surface area contributed by atoms with Crippen molar-refractivity contribution in [3.63, 3.8) is 0 Å². The fourth-order valence-electron chi connectivity index (χ4n) is 3.65. The SMILES string of the molecule is CON=C(C(=O)NC1C(=O)N2C(C(=O)O)=C(CSc3n[nH]c(-n4cccn4)n3)CS[C@@H]12)c1csc(N)n1. The van der Waals surface area contributed by atoms with Crippen LogP contribution in [0.25, 0.3) is 5.95 Å². The highest BCUT2D eigenvalue weighted by Crippen LogP contribution is 2.41. The molecule has 0 spiro atoms. The minimum atomic E-state index is -1.23. The number of nitrogens with one attached hydrogen (secondary N) is 2. The highest BCUT2D eigenvalue weighted by Gasteiger charge is 2.54. The zero-order valence-corrected chi connectivity index (χ0v) is 21.3. The number of carbonyl (C=O) groups is 3. The third-order valence-electron chi connectivity index (χ3n) is 5.25. The molecule has 0 aliphatic carbocycles. The molecule has 1 unspecified atom stereocenters. The van der Waals surface area contributed by atoms with Crippen molar-refractivity contribution in [1.82, 2.24) is 40.2 Å². The van der Waals surface area contributed by atoms with Gasteiger partial charge in [0.2, 0.25) is 11.1 Å². The molecule has 0 saturated carbocycles. The van der Waals surface area contributed by atoms with Crippen molar-refractivity contribution < 1.29 is 24.3 Å². The van der Waals surface area contributed by atoms with Crippen LogP contribution in [0, 0.1) is 0 Å². The summed E-state index contributed by atoms with van der Waals surface area (Å²) in [6.45, 7) is 0. The third kappa shape index (κ3) is 4.77. The van der Waals surface area contributed by atoms with Gasteiger partial charge in [0.1, 0.15) is 29.9 Å². The van der Waals surface area contributed by atoms with Gasteiger partial charge in [0.05, 0.1) is 0 Å². The van der Waals surface area contributed by atoms with Crippen LogP contribution < -0.4 is 11.1 Å². The van der Waals surface area contributed by atoms with E-state index in [9.17, 15) is 19.5 Å². The van der Waals surface area contributed by atoms with Gasteiger partial charge in [-0.05, 0) is 11.6 Å². The molecule has 18 heteroatoms. The molecule has 2 atom stereocenters. The number of rotatable bonds is 9. The molecule has 3 aromatic rings. The number of oxime groups is 1. The molecule has 5 rings (SSSR count). The van der Waals surface area contributed by atoms with E-state index in [1.807, 2.05) is 0 Å². The maximum Gasteiger partial charge on any atom is 0.352 e. The lowest BCUT2D eigenvalue weighted by Gasteiger charge is -2.49. The Morgan fingerprint density at radius 1 is 1.43 bits per heavy atom. The molecule has 0 radical (unpaired) electrons. The number of thiazole rings is 1. The molecular weight excluding hydrogens is 544 g/mol. The van der Waals surface area contributed by atoms with Gasteiger partial charge in [0, 0.05) is 29.3 Å². The summed E-state index contributed by atoms with van der Waals surface area (Å²) in [7, 11) is 1.27. The Hall–Kier alpha value is -3.90. The summed E-state index contributed by atoms with van der Waals surface area (Å²) >= 11 is 3.70. The zero-order chi connectivity index (χ0) is 26.1. The van der Waals surface area contributed by atoms with Crippen LogP contribution in [0.2, 0.25) is 0 Å². The minimum absolute atomic E-state index is 0.104. The number of aromatic nitrogens is 6. The minimum Gasteiger partial charge on any atom is -0.477 e. The van der Waals surface area contributed by atoms with E-state index in [2.05, 4.69) is 35.7 Å². The Kier molecular flexibility index (Phi) is 6.85. The monoisotopic (exact) mass is 562 g/mol. The van der Waals surface area contributed by atoms with E-state index in [0.717, 1.165) is 11.3 Å². The molecule has 2 aliphatic rings. The van der Waals surface area contributed by atoms with Crippen LogP contribution in [0.3, 0.4) is 0 Å². The second-order valence-electron chi connectivity index (χ2n) is 7.49. The van der Waals surface area contributed by atoms with Gasteiger partial charge in [-0.25, -0.2) is 19.6 Å². The van der Waals surface area contributed by atoms with Crippen LogP contribution in [0.1, 0.15) is 5.69 Å². The number of H-pyrrole nitrogens is 1. The second kappa shape index (κ2) is 10.2. The van der Waals surface area contributed by atoms with Gasteiger partial charge in [-0.15, -0.1) is 28.2 Å². The van der Waals surface area contributed by atoms with E-state index >= 15 is 0 Å². The maximum absolute atomic E-state index is 13.0. The van der Waals surface area contributed by atoms with Crippen molar-refractivity contribution in [2.45, 2.75) is 16.6 Å². The van der Waals surface area contributed by atoms with Gasteiger partial charge in [-0.3, -0.25) is 14.5 Å². The number of thioether (sulfide) groups is 2. The van der Waals surface area contributed by atoms with Gasteiger partial charge in [0.25, 0.3) is 11.8 Å². The lowest BCUT2D eigenvalue weighted by molar-refractivity contribution is -0.150. The van der Waals surface area contributed by atoms with E-state index in [0.29, 0.717) is 22.4 Å². The van der Waals surface area contributed by atoms with Gasteiger partial charge in [-0.1, -0.05) is 16.9 Å². The first-order chi connectivity index (χ1) is 17.9. The highest BCUT2D eigenvalue weighted by atomic mass is 32.2. The summed E-state index contributed by atoms with van der Waals surface area (Å²) in [5.74, 6) is -1.44. The van der Waals surface area contributed by atoms with Crippen molar-refractivity contribution in [3.8, 4) is 5.95 Å².